The van der Waals surface area contributed by atoms with Gasteiger partial charge in [0.15, 0.2) is 0 Å². The van der Waals surface area contributed by atoms with Crippen molar-refractivity contribution >= 4 is 10.9 Å². The Morgan fingerprint density at radius 1 is 0.240 bits per heavy atom. The van der Waals surface area contributed by atoms with Gasteiger partial charge in [-0.3, -0.25) is 9.97 Å². The van der Waals surface area contributed by atoms with Crippen LogP contribution in [-0.2, 0) is 0 Å². The molecular weight excluding hydrogens is 909 g/mol. The molecule has 4 heteroatoms. The summed E-state index contributed by atoms with van der Waals surface area (Å²) in [6.07, 6.45) is 6.11. The van der Waals surface area contributed by atoms with Gasteiger partial charge in [-0.25, -0.2) is 4.68 Å². The number of aromatic nitrogens is 4. The van der Waals surface area contributed by atoms with Crippen LogP contribution in [0.2, 0.25) is 0 Å². The third-order valence-corrected chi connectivity index (χ3v) is 14.2. The summed E-state index contributed by atoms with van der Waals surface area (Å²) in [5.41, 5.74) is 24.1. The van der Waals surface area contributed by atoms with Crippen LogP contribution in [0.15, 0.2) is 292 Å². The quantitative estimate of drug-likeness (QED) is 0.130. The van der Waals surface area contributed by atoms with Crippen molar-refractivity contribution in [3.63, 3.8) is 0 Å². The van der Waals surface area contributed by atoms with Crippen molar-refractivity contribution in [3.8, 4) is 117 Å². The average molecular weight is 957 g/mol. The zero-order chi connectivity index (χ0) is 49.9. The summed E-state index contributed by atoms with van der Waals surface area (Å²) >= 11 is 0. The van der Waals surface area contributed by atoms with E-state index in [4.69, 9.17) is 15.1 Å². The number of nitrogens with zero attached hydrogens (tertiary/aromatic N) is 4. The normalized spacial score (nSPS) is 11.2. The highest BCUT2D eigenvalue weighted by molar-refractivity contribution is 5.94. The van der Waals surface area contributed by atoms with E-state index in [1.807, 2.05) is 29.2 Å². The third kappa shape index (κ3) is 9.14. The van der Waals surface area contributed by atoms with E-state index in [0.29, 0.717) is 0 Å². The molecule has 0 radical (unpaired) electrons. The van der Waals surface area contributed by atoms with Gasteiger partial charge in [-0.05, 0) is 132 Å². The Kier molecular flexibility index (Phi) is 11.9. The van der Waals surface area contributed by atoms with Gasteiger partial charge in [0, 0.05) is 46.2 Å². The molecule has 0 saturated carbocycles. The van der Waals surface area contributed by atoms with Gasteiger partial charge in [-0.15, -0.1) is 0 Å². The first-order chi connectivity index (χ1) is 37.1. The van der Waals surface area contributed by atoms with E-state index in [1.54, 1.807) is 0 Å². The van der Waals surface area contributed by atoms with Gasteiger partial charge in [0.1, 0.15) is 0 Å². The zero-order valence-corrected chi connectivity index (χ0v) is 41.0. The Morgan fingerprint density at radius 2 is 0.613 bits per heavy atom. The van der Waals surface area contributed by atoms with E-state index < -0.39 is 0 Å². The predicted molar refractivity (Wildman–Crippen MR) is 311 cm³/mol. The standard InChI is InChI=1S/C71H48N4/c1-3-16-49(17-4-1)50-30-32-51(33-31-50)54-21-15-22-55(42-54)70-41-37-57(47-73-70)65-25-10-13-28-68(65)61-44-59(43-60(45-61)67-27-12-9-24-64(67)56-36-40-69(72-46-56)53-18-5-2-6-19-53)66-26-11-8-23-63(66)52-34-38-62(39-35-52)75-48-58-20-7-14-29-71(58)74-75/h1-48H. The van der Waals surface area contributed by atoms with Gasteiger partial charge >= 0.3 is 0 Å². The van der Waals surface area contributed by atoms with Gasteiger partial charge in [0.25, 0.3) is 0 Å². The molecule has 0 aliphatic rings. The first-order valence-electron chi connectivity index (χ1n) is 25.4. The molecule has 0 saturated heterocycles. The largest absolute Gasteiger partial charge is 0.256 e. The van der Waals surface area contributed by atoms with Crippen LogP contribution in [-0.4, -0.2) is 19.7 Å². The lowest BCUT2D eigenvalue weighted by Crippen LogP contribution is -1.94. The maximum absolute atomic E-state index is 5.12. The van der Waals surface area contributed by atoms with E-state index >= 15 is 0 Å². The second-order valence-electron chi connectivity index (χ2n) is 18.9. The predicted octanol–water partition coefficient (Wildman–Crippen LogP) is 18.5. The highest BCUT2D eigenvalue weighted by Gasteiger charge is 2.17. The molecule has 0 aliphatic carbocycles. The SMILES string of the molecule is c1ccc(-c2ccc(-c3cccc(-c4ccc(-c5ccccc5-c5cc(-c6ccccc6-c6ccc(-n7cc8ccccc8n7)cc6)cc(-c6ccccc6-c6ccc(-c7ccccc7)nc6)c5)cn4)c3)cc2)cc1. The first-order valence-corrected chi connectivity index (χ1v) is 25.4. The van der Waals surface area contributed by atoms with E-state index in [-0.39, 0.29) is 0 Å². The number of fused-ring (bicyclic) bond motifs is 1. The Bertz CT molecular complexity index is 4090. The van der Waals surface area contributed by atoms with Crippen LogP contribution < -0.4 is 0 Å². The first kappa shape index (κ1) is 44.9. The van der Waals surface area contributed by atoms with Crippen molar-refractivity contribution in [3.05, 3.63) is 292 Å². The van der Waals surface area contributed by atoms with Crippen LogP contribution in [0.4, 0.5) is 0 Å². The topological polar surface area (TPSA) is 43.6 Å². The molecule has 0 amide bonds. The van der Waals surface area contributed by atoms with Crippen LogP contribution >= 0.6 is 0 Å². The van der Waals surface area contributed by atoms with E-state index in [1.165, 1.54) is 16.7 Å². The molecule has 3 heterocycles. The smallest absolute Gasteiger partial charge is 0.0927 e. The van der Waals surface area contributed by atoms with Crippen LogP contribution in [0.25, 0.3) is 128 Å². The van der Waals surface area contributed by atoms with Gasteiger partial charge in [0.05, 0.1) is 22.6 Å². The van der Waals surface area contributed by atoms with Crippen molar-refractivity contribution in [1.82, 2.24) is 19.7 Å². The minimum absolute atomic E-state index is 0.925. The molecule has 13 rings (SSSR count). The Hall–Kier alpha value is -10.0. The molecule has 3 aromatic heterocycles. The zero-order valence-electron chi connectivity index (χ0n) is 41.0. The van der Waals surface area contributed by atoms with Gasteiger partial charge in [-0.2, -0.15) is 5.10 Å². The summed E-state index contributed by atoms with van der Waals surface area (Å²) in [5, 5.41) is 5.97. The number of benzene rings is 10. The molecule has 0 N–H and O–H groups in total. The maximum Gasteiger partial charge on any atom is 0.0927 e. The van der Waals surface area contributed by atoms with Crippen molar-refractivity contribution in [1.29, 1.82) is 0 Å². The Balaban J connectivity index is 0.885. The lowest BCUT2D eigenvalue weighted by atomic mass is 9.86. The summed E-state index contributed by atoms with van der Waals surface area (Å²) in [7, 11) is 0. The molecule has 0 fully saturated rings. The van der Waals surface area contributed by atoms with Gasteiger partial charge in [0.2, 0.25) is 0 Å². The van der Waals surface area contributed by atoms with Crippen molar-refractivity contribution in [2.45, 2.75) is 0 Å². The number of hydrogen-bond donors (Lipinski definition) is 0. The molecular formula is C71H48N4. The lowest BCUT2D eigenvalue weighted by Gasteiger charge is -2.18. The van der Waals surface area contributed by atoms with Crippen LogP contribution in [0, 0.1) is 0 Å². The number of rotatable bonds is 11. The summed E-state index contributed by atoms with van der Waals surface area (Å²) in [4.78, 5) is 10.1. The number of pyridine rings is 2. The molecule has 75 heavy (non-hydrogen) atoms. The average Bonchev–Trinajstić information content (AvgIpc) is 3.95. The van der Waals surface area contributed by atoms with Gasteiger partial charge < -0.3 is 0 Å². The highest BCUT2D eigenvalue weighted by Crippen LogP contribution is 2.43. The van der Waals surface area contributed by atoms with Crippen LogP contribution in [0.1, 0.15) is 0 Å². The molecule has 0 atom stereocenters. The molecule has 352 valence electrons. The summed E-state index contributed by atoms with van der Waals surface area (Å²) in [6, 6.07) is 97.1. The van der Waals surface area contributed by atoms with Crippen LogP contribution in [0.3, 0.4) is 0 Å². The van der Waals surface area contributed by atoms with E-state index in [9.17, 15) is 0 Å². The van der Waals surface area contributed by atoms with Crippen LogP contribution in [0.5, 0.6) is 0 Å². The fourth-order valence-corrected chi connectivity index (χ4v) is 10.3. The molecule has 0 bridgehead atoms. The fraction of sp³-hybridized carbons (Fsp3) is 0. The molecule has 0 spiro atoms. The third-order valence-electron chi connectivity index (χ3n) is 14.2. The second kappa shape index (κ2) is 19.9. The maximum atomic E-state index is 5.12. The second-order valence-corrected chi connectivity index (χ2v) is 18.9. The van der Waals surface area contributed by atoms with Gasteiger partial charge in [-0.1, -0.05) is 218 Å². The van der Waals surface area contributed by atoms with E-state index in [0.717, 1.165) is 111 Å². The lowest BCUT2D eigenvalue weighted by molar-refractivity contribution is 0.896. The Morgan fingerprint density at radius 3 is 1.13 bits per heavy atom. The minimum Gasteiger partial charge on any atom is -0.256 e. The minimum atomic E-state index is 0.925. The molecule has 0 aliphatic heterocycles. The molecule has 0 unspecified atom stereocenters. The van der Waals surface area contributed by atoms with Crippen molar-refractivity contribution in [2.75, 3.05) is 0 Å². The molecule has 4 nitrogen and oxygen atoms in total. The summed E-state index contributed by atoms with van der Waals surface area (Å²) in [6.45, 7) is 0. The monoisotopic (exact) mass is 956 g/mol. The molecule has 13 aromatic rings. The highest BCUT2D eigenvalue weighted by atomic mass is 15.3. The Labute approximate surface area is 437 Å². The number of hydrogen-bond acceptors (Lipinski definition) is 3. The molecule has 10 aromatic carbocycles. The summed E-state index contributed by atoms with van der Waals surface area (Å²) < 4.78 is 1.96. The van der Waals surface area contributed by atoms with E-state index in [2.05, 4.69) is 267 Å². The van der Waals surface area contributed by atoms with Crippen molar-refractivity contribution in [2.24, 2.45) is 0 Å². The van der Waals surface area contributed by atoms with Crippen molar-refractivity contribution < 1.29 is 0 Å². The summed E-state index contributed by atoms with van der Waals surface area (Å²) in [5.74, 6) is 0. The fourth-order valence-electron chi connectivity index (χ4n) is 10.3.